The van der Waals surface area contributed by atoms with Crippen molar-refractivity contribution in [2.75, 3.05) is 57.4 Å². The molecule has 2 saturated heterocycles. The third-order valence-corrected chi connectivity index (χ3v) is 6.01. The van der Waals surface area contributed by atoms with E-state index in [9.17, 15) is 9.59 Å². The fourth-order valence-electron chi connectivity index (χ4n) is 4.16. The Labute approximate surface area is 182 Å². The van der Waals surface area contributed by atoms with E-state index in [1.807, 2.05) is 30.3 Å². The predicted octanol–water partition coefficient (Wildman–Crippen LogP) is 0.956. The summed E-state index contributed by atoms with van der Waals surface area (Å²) in [7, 11) is 0. The van der Waals surface area contributed by atoms with Crippen LogP contribution in [-0.4, -0.2) is 73.1 Å². The monoisotopic (exact) mass is 425 g/mol. The zero-order chi connectivity index (χ0) is 21.5. The van der Waals surface area contributed by atoms with Crippen molar-refractivity contribution in [3.63, 3.8) is 0 Å². The van der Waals surface area contributed by atoms with E-state index in [-0.39, 0.29) is 17.4 Å². The number of carbonyl (C=O) groups is 1. The summed E-state index contributed by atoms with van der Waals surface area (Å²) in [6.45, 7) is 7.08. The van der Waals surface area contributed by atoms with E-state index >= 15 is 0 Å². The molecule has 2 aliphatic heterocycles. The number of rotatable bonds is 8. The average Bonchev–Trinajstić information content (AvgIpc) is 3.30. The zero-order valence-electron chi connectivity index (χ0n) is 17.9. The van der Waals surface area contributed by atoms with Crippen LogP contribution in [0.5, 0.6) is 0 Å². The lowest BCUT2D eigenvalue weighted by atomic mass is 10.1. The predicted molar refractivity (Wildman–Crippen MR) is 119 cm³/mol. The molecule has 0 radical (unpaired) electrons. The number of carbonyl (C=O) groups excluding carboxylic acids is 1. The fourth-order valence-corrected chi connectivity index (χ4v) is 4.16. The first-order valence-corrected chi connectivity index (χ1v) is 11.1. The summed E-state index contributed by atoms with van der Waals surface area (Å²) in [6, 6.07) is 11.4. The molecule has 0 aliphatic carbocycles. The van der Waals surface area contributed by atoms with Gasteiger partial charge in [0.2, 0.25) is 5.91 Å². The average molecular weight is 426 g/mol. The van der Waals surface area contributed by atoms with Gasteiger partial charge >= 0.3 is 0 Å². The molecular formula is C23H31N5O3. The van der Waals surface area contributed by atoms with Crippen molar-refractivity contribution in [1.29, 1.82) is 0 Å². The number of benzene rings is 1. The molecule has 8 heteroatoms. The Kier molecular flexibility index (Phi) is 7.32. The third-order valence-electron chi connectivity index (χ3n) is 6.01. The van der Waals surface area contributed by atoms with E-state index in [1.54, 1.807) is 12.3 Å². The van der Waals surface area contributed by atoms with Crippen LogP contribution in [-0.2, 0) is 16.1 Å². The van der Waals surface area contributed by atoms with Crippen LogP contribution in [0.25, 0.3) is 0 Å². The van der Waals surface area contributed by atoms with Gasteiger partial charge in [-0.1, -0.05) is 30.3 Å². The molecule has 2 fully saturated rings. The SMILES string of the molecule is O=C(NCCCN1CCOCC1)C1CCN(c2cnn(Cc3ccccc3)c(=O)c2)C1. The lowest BCUT2D eigenvalue weighted by Gasteiger charge is -2.26. The summed E-state index contributed by atoms with van der Waals surface area (Å²) in [5, 5.41) is 7.42. The Bertz CT molecular complexity index is 911. The third kappa shape index (κ3) is 5.92. The summed E-state index contributed by atoms with van der Waals surface area (Å²) in [5.74, 6) is 0.0602. The van der Waals surface area contributed by atoms with Crippen LogP contribution in [0.2, 0.25) is 0 Å². The highest BCUT2D eigenvalue weighted by atomic mass is 16.5. The molecule has 0 saturated carbocycles. The molecule has 4 rings (SSSR count). The fraction of sp³-hybridized carbons (Fsp3) is 0.522. The molecule has 1 atom stereocenters. The number of aromatic nitrogens is 2. The Morgan fingerprint density at radius 1 is 1.16 bits per heavy atom. The van der Waals surface area contributed by atoms with E-state index in [1.165, 1.54) is 4.68 Å². The number of nitrogens with one attached hydrogen (secondary N) is 1. The van der Waals surface area contributed by atoms with Gasteiger partial charge in [-0.05, 0) is 24.9 Å². The number of hydrogen-bond donors (Lipinski definition) is 1. The molecule has 3 heterocycles. The highest BCUT2D eigenvalue weighted by Gasteiger charge is 2.28. The molecule has 1 amide bonds. The van der Waals surface area contributed by atoms with Crippen molar-refractivity contribution in [3.8, 4) is 0 Å². The lowest BCUT2D eigenvalue weighted by molar-refractivity contribution is -0.124. The van der Waals surface area contributed by atoms with E-state index in [0.29, 0.717) is 19.6 Å². The smallest absolute Gasteiger partial charge is 0.269 e. The molecule has 0 spiro atoms. The van der Waals surface area contributed by atoms with Gasteiger partial charge < -0.3 is 15.0 Å². The molecule has 1 N–H and O–H groups in total. The van der Waals surface area contributed by atoms with Gasteiger partial charge in [-0.15, -0.1) is 0 Å². The van der Waals surface area contributed by atoms with Crippen LogP contribution in [0.4, 0.5) is 5.69 Å². The summed E-state index contributed by atoms with van der Waals surface area (Å²) >= 11 is 0. The molecule has 166 valence electrons. The van der Waals surface area contributed by atoms with Gasteiger partial charge in [0.25, 0.3) is 5.56 Å². The molecule has 0 bridgehead atoms. The van der Waals surface area contributed by atoms with Gasteiger partial charge in [-0.25, -0.2) is 4.68 Å². The van der Waals surface area contributed by atoms with Crippen molar-refractivity contribution in [1.82, 2.24) is 20.0 Å². The Morgan fingerprint density at radius 2 is 1.97 bits per heavy atom. The second-order valence-corrected chi connectivity index (χ2v) is 8.23. The second-order valence-electron chi connectivity index (χ2n) is 8.23. The maximum atomic E-state index is 12.5. The van der Waals surface area contributed by atoms with Crippen LogP contribution >= 0.6 is 0 Å². The van der Waals surface area contributed by atoms with Crippen LogP contribution in [0.15, 0.2) is 47.4 Å². The Hall–Kier alpha value is -2.71. The maximum Gasteiger partial charge on any atom is 0.269 e. The van der Waals surface area contributed by atoms with E-state index < -0.39 is 0 Å². The van der Waals surface area contributed by atoms with Crippen LogP contribution in [0.3, 0.4) is 0 Å². The number of nitrogens with zero attached hydrogens (tertiary/aromatic N) is 4. The highest BCUT2D eigenvalue weighted by molar-refractivity contribution is 5.80. The van der Waals surface area contributed by atoms with Gasteiger partial charge in [0.15, 0.2) is 0 Å². The summed E-state index contributed by atoms with van der Waals surface area (Å²) in [5.41, 5.74) is 1.70. The molecule has 31 heavy (non-hydrogen) atoms. The highest BCUT2D eigenvalue weighted by Crippen LogP contribution is 2.22. The number of amides is 1. The molecule has 8 nitrogen and oxygen atoms in total. The minimum atomic E-state index is -0.127. The van der Waals surface area contributed by atoms with Crippen molar-refractivity contribution in [2.24, 2.45) is 5.92 Å². The van der Waals surface area contributed by atoms with Crippen LogP contribution in [0.1, 0.15) is 18.4 Å². The van der Waals surface area contributed by atoms with E-state index in [0.717, 1.165) is 63.5 Å². The van der Waals surface area contributed by atoms with E-state index in [4.69, 9.17) is 4.74 Å². The quantitative estimate of drug-likeness (QED) is 0.635. The van der Waals surface area contributed by atoms with Gasteiger partial charge in [-0.2, -0.15) is 5.10 Å². The van der Waals surface area contributed by atoms with Gasteiger partial charge in [0, 0.05) is 38.8 Å². The Balaban J connectivity index is 1.24. The zero-order valence-corrected chi connectivity index (χ0v) is 17.9. The van der Waals surface area contributed by atoms with Crippen molar-refractivity contribution < 1.29 is 9.53 Å². The molecule has 2 aliphatic rings. The molecule has 2 aromatic rings. The van der Waals surface area contributed by atoms with Crippen LogP contribution in [0, 0.1) is 5.92 Å². The first-order chi connectivity index (χ1) is 15.2. The first-order valence-electron chi connectivity index (χ1n) is 11.1. The van der Waals surface area contributed by atoms with Crippen molar-refractivity contribution >= 4 is 11.6 Å². The first kappa shape index (κ1) is 21.5. The topological polar surface area (TPSA) is 79.7 Å². The Morgan fingerprint density at radius 3 is 2.74 bits per heavy atom. The summed E-state index contributed by atoms with van der Waals surface area (Å²) < 4.78 is 6.82. The second kappa shape index (κ2) is 10.5. The van der Waals surface area contributed by atoms with Crippen LogP contribution < -0.4 is 15.8 Å². The molecule has 1 aromatic carbocycles. The summed E-state index contributed by atoms with van der Waals surface area (Å²) in [4.78, 5) is 29.5. The number of ether oxygens (including phenoxy) is 1. The number of hydrogen-bond acceptors (Lipinski definition) is 6. The molecular weight excluding hydrogens is 394 g/mol. The lowest BCUT2D eigenvalue weighted by Crippen LogP contribution is -2.39. The summed E-state index contributed by atoms with van der Waals surface area (Å²) in [6.07, 6.45) is 3.47. The minimum Gasteiger partial charge on any atom is -0.379 e. The minimum absolute atomic E-state index is 0.0462. The number of anilines is 1. The largest absolute Gasteiger partial charge is 0.379 e. The normalized spacial score (nSPS) is 19.5. The number of morpholine rings is 1. The van der Waals surface area contributed by atoms with Crippen molar-refractivity contribution in [2.45, 2.75) is 19.4 Å². The molecule has 1 aromatic heterocycles. The van der Waals surface area contributed by atoms with Gasteiger partial charge in [-0.3, -0.25) is 14.5 Å². The van der Waals surface area contributed by atoms with Gasteiger partial charge in [0.1, 0.15) is 0 Å². The van der Waals surface area contributed by atoms with Crippen molar-refractivity contribution in [3.05, 3.63) is 58.5 Å². The molecule has 1 unspecified atom stereocenters. The maximum absolute atomic E-state index is 12.5. The van der Waals surface area contributed by atoms with E-state index in [2.05, 4.69) is 20.2 Å². The van der Waals surface area contributed by atoms with Gasteiger partial charge in [0.05, 0.1) is 37.6 Å². The standard InChI is InChI=1S/C23H31N5O3/c29-22-15-21(16-25-28(22)17-19-5-2-1-3-6-19)27-10-7-20(18-27)23(30)24-8-4-9-26-11-13-31-14-12-26/h1-3,5-6,15-16,20H,4,7-14,17-18H2,(H,24,30).